The van der Waals surface area contributed by atoms with Gasteiger partial charge in [0.2, 0.25) is 0 Å². The fourth-order valence-electron chi connectivity index (χ4n) is 5.10. The summed E-state index contributed by atoms with van der Waals surface area (Å²) in [6.45, 7) is 9.06. The Labute approximate surface area is 265 Å². The van der Waals surface area contributed by atoms with Crippen LogP contribution in [-0.4, -0.2) is 62.3 Å². The molecule has 0 amide bonds. The molecule has 0 atom stereocenters. The topological polar surface area (TPSA) is 82.1 Å². The second kappa shape index (κ2) is 33.3. The van der Waals surface area contributed by atoms with Gasteiger partial charge < -0.3 is 14.2 Å². The first-order valence-electron chi connectivity index (χ1n) is 18.2. The Bertz CT molecular complexity index is 556. The highest BCUT2D eigenvalue weighted by Crippen LogP contribution is 2.11. The highest BCUT2D eigenvalue weighted by atomic mass is 16.5. The number of ether oxygens (including phenoxy) is 3. The van der Waals surface area contributed by atoms with Crippen LogP contribution in [0.3, 0.4) is 0 Å². The van der Waals surface area contributed by atoms with Crippen molar-refractivity contribution in [1.82, 2.24) is 4.90 Å². The van der Waals surface area contributed by atoms with Crippen LogP contribution in [0.1, 0.15) is 175 Å². The van der Waals surface area contributed by atoms with E-state index in [-0.39, 0.29) is 37.7 Å². The van der Waals surface area contributed by atoms with Gasteiger partial charge >= 0.3 is 17.9 Å². The second-order valence-electron chi connectivity index (χ2n) is 12.1. The van der Waals surface area contributed by atoms with E-state index in [1.807, 2.05) is 4.90 Å². The minimum atomic E-state index is -0.157. The third kappa shape index (κ3) is 31.6. The normalized spacial score (nSPS) is 11.2. The van der Waals surface area contributed by atoms with Gasteiger partial charge in [0.05, 0.1) is 0 Å². The summed E-state index contributed by atoms with van der Waals surface area (Å²) in [5.74, 6) is -0.470. The summed E-state index contributed by atoms with van der Waals surface area (Å²) < 4.78 is 16.4. The van der Waals surface area contributed by atoms with E-state index in [2.05, 4.69) is 20.8 Å². The number of esters is 3. The third-order valence-corrected chi connectivity index (χ3v) is 7.97. The van der Waals surface area contributed by atoms with Crippen molar-refractivity contribution in [2.45, 2.75) is 175 Å². The highest BCUT2D eigenvalue weighted by Gasteiger charge is 2.11. The molecule has 0 fully saturated rings. The first-order valence-corrected chi connectivity index (χ1v) is 18.2. The molecule has 0 N–H and O–H groups in total. The lowest BCUT2D eigenvalue weighted by molar-refractivity contribution is -0.144. The monoisotopic (exact) mass is 612 g/mol. The van der Waals surface area contributed by atoms with Gasteiger partial charge in [-0.05, 0) is 19.3 Å². The molecule has 0 saturated carbocycles. The quantitative estimate of drug-likeness (QED) is 0.0415. The van der Waals surface area contributed by atoms with Gasteiger partial charge in [-0.15, -0.1) is 0 Å². The van der Waals surface area contributed by atoms with E-state index in [4.69, 9.17) is 14.2 Å². The molecule has 254 valence electrons. The number of carbonyl (C=O) groups excluding carboxylic acids is 3. The predicted octanol–water partition coefficient (Wildman–Crippen LogP) is 9.34. The van der Waals surface area contributed by atoms with Crippen molar-refractivity contribution < 1.29 is 28.6 Å². The predicted molar refractivity (Wildman–Crippen MR) is 177 cm³/mol. The zero-order valence-electron chi connectivity index (χ0n) is 28.6. The van der Waals surface area contributed by atoms with Crippen LogP contribution in [0.4, 0.5) is 0 Å². The summed E-state index contributed by atoms with van der Waals surface area (Å²) in [5, 5.41) is 0. The van der Waals surface area contributed by atoms with Crippen LogP contribution in [0.2, 0.25) is 0 Å². The van der Waals surface area contributed by atoms with Gasteiger partial charge in [0.1, 0.15) is 19.8 Å². The number of hydrogen-bond donors (Lipinski definition) is 0. The van der Waals surface area contributed by atoms with Gasteiger partial charge in [-0.2, -0.15) is 0 Å². The Kier molecular flexibility index (Phi) is 32.0. The molecule has 7 nitrogen and oxygen atoms in total. The molecule has 0 spiro atoms. The molecule has 0 heterocycles. The van der Waals surface area contributed by atoms with Crippen LogP contribution in [0, 0.1) is 0 Å². The summed E-state index contributed by atoms with van der Waals surface area (Å²) >= 11 is 0. The lowest BCUT2D eigenvalue weighted by Crippen LogP contribution is -2.35. The van der Waals surface area contributed by atoms with Gasteiger partial charge in [-0.25, -0.2) is 0 Å². The molecule has 0 bridgehead atoms. The van der Waals surface area contributed by atoms with Crippen molar-refractivity contribution in [3.8, 4) is 0 Å². The molecule has 0 aliphatic heterocycles. The minimum absolute atomic E-state index is 0.157. The molecule has 7 heteroatoms. The maximum absolute atomic E-state index is 12.2. The van der Waals surface area contributed by atoms with Gasteiger partial charge in [0.15, 0.2) is 0 Å². The maximum Gasteiger partial charge on any atom is 0.305 e. The van der Waals surface area contributed by atoms with Crippen molar-refractivity contribution in [3.63, 3.8) is 0 Å². The lowest BCUT2D eigenvalue weighted by Gasteiger charge is -2.22. The zero-order valence-corrected chi connectivity index (χ0v) is 28.6. The largest absolute Gasteiger partial charge is 0.464 e. The molecule has 0 aliphatic carbocycles. The molecule has 0 saturated heterocycles. The fourth-order valence-corrected chi connectivity index (χ4v) is 5.10. The Morgan fingerprint density at radius 3 is 0.860 bits per heavy atom. The molecular formula is C36H69NO6. The Morgan fingerprint density at radius 2 is 0.605 bits per heavy atom. The SMILES string of the molecule is CCCCCCCCCC(=O)OCCN(CCOC(=O)CCCCCCCCC)CCOC(=O)CCCCCCCCC. The van der Waals surface area contributed by atoms with E-state index >= 15 is 0 Å². The molecular weight excluding hydrogens is 542 g/mol. The lowest BCUT2D eigenvalue weighted by atomic mass is 10.1. The van der Waals surface area contributed by atoms with Crippen LogP contribution in [0.5, 0.6) is 0 Å². The number of hydrogen-bond acceptors (Lipinski definition) is 7. The molecule has 0 aliphatic rings. The van der Waals surface area contributed by atoms with Gasteiger partial charge in [0.25, 0.3) is 0 Å². The average molecular weight is 612 g/mol. The van der Waals surface area contributed by atoms with E-state index in [9.17, 15) is 14.4 Å². The summed E-state index contributed by atoms with van der Waals surface area (Å²) in [4.78, 5) is 38.6. The summed E-state index contributed by atoms with van der Waals surface area (Å²) in [6, 6.07) is 0. The van der Waals surface area contributed by atoms with Crippen LogP contribution < -0.4 is 0 Å². The first kappa shape index (κ1) is 41.4. The summed E-state index contributed by atoms with van der Waals surface area (Å²) in [7, 11) is 0. The van der Waals surface area contributed by atoms with Gasteiger partial charge in [-0.3, -0.25) is 19.3 Å². The Hall–Kier alpha value is -1.63. The van der Waals surface area contributed by atoms with Gasteiger partial charge in [-0.1, -0.05) is 136 Å². The van der Waals surface area contributed by atoms with Crippen molar-refractivity contribution in [1.29, 1.82) is 0 Å². The maximum atomic E-state index is 12.2. The van der Waals surface area contributed by atoms with Crippen molar-refractivity contribution in [3.05, 3.63) is 0 Å². The van der Waals surface area contributed by atoms with E-state index in [0.29, 0.717) is 38.9 Å². The van der Waals surface area contributed by atoms with Gasteiger partial charge in [0, 0.05) is 38.9 Å². The molecule has 43 heavy (non-hydrogen) atoms. The summed E-state index contributed by atoms with van der Waals surface area (Å²) in [5.41, 5.74) is 0. The Balaban J connectivity index is 4.29. The number of rotatable bonds is 33. The minimum Gasteiger partial charge on any atom is -0.464 e. The molecule has 0 radical (unpaired) electrons. The van der Waals surface area contributed by atoms with Crippen LogP contribution >= 0.6 is 0 Å². The molecule has 0 aromatic rings. The molecule has 0 rings (SSSR count). The third-order valence-electron chi connectivity index (χ3n) is 7.97. The van der Waals surface area contributed by atoms with Crippen molar-refractivity contribution in [2.75, 3.05) is 39.5 Å². The first-order chi connectivity index (χ1) is 21.0. The van der Waals surface area contributed by atoms with Crippen LogP contribution in [0.25, 0.3) is 0 Å². The van der Waals surface area contributed by atoms with Crippen LogP contribution in [0.15, 0.2) is 0 Å². The number of carbonyl (C=O) groups is 3. The second-order valence-corrected chi connectivity index (χ2v) is 12.1. The zero-order chi connectivity index (χ0) is 31.6. The fraction of sp³-hybridized carbons (Fsp3) is 0.917. The molecule has 0 unspecified atom stereocenters. The standard InChI is InChI=1S/C36H69NO6/c1-4-7-10-13-16-19-22-25-34(38)41-31-28-37(29-32-42-35(39)26-23-20-17-14-11-8-5-2)30-33-43-36(40)27-24-21-18-15-12-9-6-3/h4-33H2,1-3H3. The smallest absolute Gasteiger partial charge is 0.305 e. The highest BCUT2D eigenvalue weighted by molar-refractivity contribution is 5.69. The van der Waals surface area contributed by atoms with E-state index in [1.54, 1.807) is 0 Å². The van der Waals surface area contributed by atoms with E-state index < -0.39 is 0 Å². The number of unbranched alkanes of at least 4 members (excludes halogenated alkanes) is 18. The van der Waals surface area contributed by atoms with Crippen LogP contribution in [-0.2, 0) is 28.6 Å². The summed E-state index contributed by atoms with van der Waals surface area (Å²) in [6.07, 6.45) is 25.9. The number of nitrogens with zero attached hydrogens (tertiary/aromatic N) is 1. The van der Waals surface area contributed by atoms with E-state index in [1.165, 1.54) is 96.3 Å². The molecule has 0 aromatic heterocycles. The Morgan fingerprint density at radius 1 is 0.372 bits per heavy atom. The van der Waals surface area contributed by atoms with Crippen molar-refractivity contribution >= 4 is 17.9 Å². The molecule has 0 aromatic carbocycles. The average Bonchev–Trinajstić information content (AvgIpc) is 2.99. The van der Waals surface area contributed by atoms with E-state index in [0.717, 1.165) is 38.5 Å². The van der Waals surface area contributed by atoms with Crippen molar-refractivity contribution in [2.24, 2.45) is 0 Å².